The number of rotatable bonds is 6. The molecule has 1 unspecified atom stereocenters. The molecule has 5 rings (SSSR count). The Morgan fingerprint density at radius 3 is 2.56 bits per heavy atom. The van der Waals surface area contributed by atoms with Crippen LogP contribution in [0.25, 0.3) is 0 Å². The van der Waals surface area contributed by atoms with Crippen LogP contribution in [-0.2, 0) is 10.4 Å². The molecule has 1 saturated carbocycles. The number of alkyl halides is 2. The van der Waals surface area contributed by atoms with Crippen molar-refractivity contribution in [2.75, 3.05) is 11.4 Å². The highest BCUT2D eigenvalue weighted by Gasteiger charge is 2.52. The second-order valence-corrected chi connectivity index (χ2v) is 10.6. The Labute approximate surface area is 228 Å². The summed E-state index contributed by atoms with van der Waals surface area (Å²) in [4.78, 5) is 31.5. The van der Waals surface area contributed by atoms with Gasteiger partial charge >= 0.3 is 0 Å². The number of hydrogen-bond donors (Lipinski definition) is 2. The van der Waals surface area contributed by atoms with E-state index in [-0.39, 0.29) is 28.1 Å². The number of amides is 2. The molecule has 1 atom stereocenters. The van der Waals surface area contributed by atoms with Crippen LogP contribution in [-0.4, -0.2) is 34.5 Å². The van der Waals surface area contributed by atoms with Gasteiger partial charge in [-0.05, 0) is 56.2 Å². The van der Waals surface area contributed by atoms with Gasteiger partial charge < -0.3 is 15.3 Å². The molecule has 204 valence electrons. The van der Waals surface area contributed by atoms with Crippen molar-refractivity contribution in [3.63, 3.8) is 0 Å². The highest BCUT2D eigenvalue weighted by Crippen LogP contribution is 2.46. The summed E-state index contributed by atoms with van der Waals surface area (Å²) < 4.78 is 41.8. The minimum absolute atomic E-state index is 0.0596. The molecule has 2 aliphatic rings. The highest BCUT2D eigenvalue weighted by molar-refractivity contribution is 6.30. The summed E-state index contributed by atoms with van der Waals surface area (Å²) in [7, 11) is 0. The lowest BCUT2D eigenvalue weighted by Crippen LogP contribution is -2.45. The molecule has 1 aliphatic heterocycles. The van der Waals surface area contributed by atoms with E-state index in [9.17, 15) is 23.5 Å². The molecule has 6 nitrogen and oxygen atoms in total. The van der Waals surface area contributed by atoms with Gasteiger partial charge in [0.05, 0.1) is 16.3 Å². The van der Waals surface area contributed by atoms with Crippen LogP contribution >= 0.6 is 11.6 Å². The van der Waals surface area contributed by atoms with Crippen LogP contribution in [0.2, 0.25) is 5.02 Å². The van der Waals surface area contributed by atoms with Crippen LogP contribution in [0, 0.1) is 18.7 Å². The Kier molecular flexibility index (Phi) is 7.39. The van der Waals surface area contributed by atoms with Crippen LogP contribution in [0.1, 0.15) is 64.9 Å². The van der Waals surface area contributed by atoms with Gasteiger partial charge in [-0.1, -0.05) is 48.0 Å². The first-order valence-corrected chi connectivity index (χ1v) is 13.1. The first-order valence-electron chi connectivity index (χ1n) is 12.7. The van der Waals surface area contributed by atoms with Crippen molar-refractivity contribution in [1.82, 2.24) is 10.3 Å². The number of benzene rings is 2. The molecule has 0 saturated heterocycles. The van der Waals surface area contributed by atoms with Crippen LogP contribution in [0.3, 0.4) is 0 Å². The van der Waals surface area contributed by atoms with Crippen LogP contribution in [0.4, 0.5) is 18.9 Å². The third kappa shape index (κ3) is 4.89. The number of aryl methyl sites for hydroxylation is 1. The molecule has 2 amide bonds. The van der Waals surface area contributed by atoms with Crippen LogP contribution < -0.4 is 10.2 Å². The molecule has 0 spiro atoms. The quantitative estimate of drug-likeness (QED) is 0.408. The molecule has 1 fully saturated rings. The molecule has 0 radical (unpaired) electrons. The van der Waals surface area contributed by atoms with E-state index in [4.69, 9.17) is 11.6 Å². The Hall–Kier alpha value is -3.43. The number of aliphatic hydroxyl groups is 1. The van der Waals surface area contributed by atoms with Crippen molar-refractivity contribution in [3.05, 3.63) is 93.5 Å². The summed E-state index contributed by atoms with van der Waals surface area (Å²) in [5.41, 5.74) is -1.87. The second-order valence-electron chi connectivity index (χ2n) is 10.2. The maximum atomic E-state index is 15.1. The predicted octanol–water partition coefficient (Wildman–Crippen LogP) is 5.69. The van der Waals surface area contributed by atoms with E-state index in [0.29, 0.717) is 49.0 Å². The van der Waals surface area contributed by atoms with Gasteiger partial charge in [0.2, 0.25) is 0 Å². The van der Waals surface area contributed by atoms with Gasteiger partial charge in [0.25, 0.3) is 18.2 Å². The molecule has 10 heteroatoms. The molecule has 2 aromatic carbocycles. The minimum atomic E-state index is -2.91. The summed E-state index contributed by atoms with van der Waals surface area (Å²) in [5, 5.41) is 14.6. The maximum absolute atomic E-state index is 15.1. The van der Waals surface area contributed by atoms with Gasteiger partial charge in [0.1, 0.15) is 11.5 Å². The van der Waals surface area contributed by atoms with Gasteiger partial charge in [-0.25, -0.2) is 13.2 Å². The summed E-state index contributed by atoms with van der Waals surface area (Å²) in [6.07, 6.45) is 0.639. The van der Waals surface area contributed by atoms with Crippen molar-refractivity contribution in [1.29, 1.82) is 0 Å². The molecule has 2 heterocycles. The first-order chi connectivity index (χ1) is 18.6. The average Bonchev–Trinajstić information content (AvgIpc) is 3.13. The van der Waals surface area contributed by atoms with Crippen molar-refractivity contribution in [2.24, 2.45) is 5.92 Å². The van der Waals surface area contributed by atoms with Gasteiger partial charge in [-0.15, -0.1) is 0 Å². The number of para-hydroxylation sites is 1. The van der Waals surface area contributed by atoms with E-state index in [1.807, 2.05) is 0 Å². The number of aromatic nitrogens is 1. The molecule has 1 aromatic heterocycles. The normalized spacial score (nSPS) is 22.7. The molecular formula is C29H27ClF3N3O3. The Balaban J connectivity index is 1.29. The first kappa shape index (κ1) is 27.1. The van der Waals surface area contributed by atoms with Gasteiger partial charge in [0, 0.05) is 29.9 Å². The van der Waals surface area contributed by atoms with E-state index in [1.165, 1.54) is 17.0 Å². The van der Waals surface area contributed by atoms with Crippen molar-refractivity contribution >= 4 is 29.1 Å². The zero-order valence-corrected chi connectivity index (χ0v) is 21.9. The summed E-state index contributed by atoms with van der Waals surface area (Å²) in [6, 6.07) is 12.4. The number of nitrogens with one attached hydrogen (secondary N) is 1. The maximum Gasteiger partial charge on any atom is 0.281 e. The molecule has 1 aliphatic carbocycles. The molecule has 2 N–H and O–H groups in total. The van der Waals surface area contributed by atoms with Gasteiger partial charge in [-0.3, -0.25) is 14.6 Å². The number of hydrogen-bond acceptors (Lipinski definition) is 4. The van der Waals surface area contributed by atoms with E-state index in [0.717, 1.165) is 6.20 Å². The van der Waals surface area contributed by atoms with E-state index in [1.54, 1.807) is 43.3 Å². The Morgan fingerprint density at radius 2 is 1.85 bits per heavy atom. The SMILES string of the molecule is Cc1cccc(C2(O)C(=O)N(C[C@H]3CC[C@H](NC(=O)c4cc(Cl)cnc4C(F)F)CC3)c3ccccc32)c1F. The minimum Gasteiger partial charge on any atom is -0.372 e. The molecule has 3 aromatic rings. The fourth-order valence-corrected chi connectivity index (χ4v) is 5.78. The van der Waals surface area contributed by atoms with Crippen LogP contribution in [0.15, 0.2) is 54.7 Å². The third-order valence-corrected chi connectivity index (χ3v) is 7.89. The van der Waals surface area contributed by atoms with E-state index >= 15 is 4.39 Å². The smallest absolute Gasteiger partial charge is 0.281 e. The number of carbonyl (C=O) groups excluding carboxylic acids is 2. The highest BCUT2D eigenvalue weighted by atomic mass is 35.5. The number of nitrogens with zero attached hydrogens (tertiary/aromatic N) is 2. The molecular weight excluding hydrogens is 531 g/mol. The number of halogens is 4. The van der Waals surface area contributed by atoms with Crippen molar-refractivity contribution in [3.8, 4) is 0 Å². The zero-order chi connectivity index (χ0) is 27.9. The summed E-state index contributed by atoms with van der Waals surface area (Å²) in [5.74, 6) is -1.82. The number of fused-ring (bicyclic) bond motifs is 1. The lowest BCUT2D eigenvalue weighted by atomic mass is 9.85. The topological polar surface area (TPSA) is 82.5 Å². The largest absolute Gasteiger partial charge is 0.372 e. The number of anilines is 1. The average molecular weight is 558 g/mol. The lowest BCUT2D eigenvalue weighted by Gasteiger charge is -2.32. The predicted molar refractivity (Wildman–Crippen MR) is 140 cm³/mol. The summed E-state index contributed by atoms with van der Waals surface area (Å²) >= 11 is 5.87. The third-order valence-electron chi connectivity index (χ3n) is 7.68. The Bertz CT molecular complexity index is 1430. The van der Waals surface area contributed by atoms with Gasteiger partial charge in [0.15, 0.2) is 5.60 Å². The van der Waals surface area contributed by atoms with Gasteiger partial charge in [-0.2, -0.15) is 0 Å². The fourth-order valence-electron chi connectivity index (χ4n) is 5.62. The van der Waals surface area contributed by atoms with E-state index < -0.39 is 35.4 Å². The second kappa shape index (κ2) is 10.6. The molecule has 0 bridgehead atoms. The zero-order valence-electron chi connectivity index (χ0n) is 21.1. The number of pyridine rings is 1. The fraction of sp³-hybridized carbons (Fsp3) is 0.345. The summed E-state index contributed by atoms with van der Waals surface area (Å²) in [6.45, 7) is 1.90. The van der Waals surface area contributed by atoms with E-state index in [2.05, 4.69) is 10.3 Å². The monoisotopic (exact) mass is 557 g/mol. The lowest BCUT2D eigenvalue weighted by molar-refractivity contribution is -0.132. The van der Waals surface area contributed by atoms with Crippen molar-refractivity contribution < 1.29 is 27.9 Å². The molecule has 39 heavy (non-hydrogen) atoms. The standard InChI is InChI=1S/C29H27ClF3N3O3/c1-16-5-4-7-22(24(16)31)29(39)21-6-2-3-8-23(21)36(28(29)38)15-17-9-11-19(12-10-17)35-27(37)20-13-18(30)14-34-25(20)26(32)33/h2-8,13-14,17,19,26,39H,9-12,15H2,1H3,(H,35,37)/t17-,19-,29?. The van der Waals surface area contributed by atoms with Crippen molar-refractivity contribution in [2.45, 2.75) is 50.7 Å². The van der Waals surface area contributed by atoms with Crippen LogP contribution in [0.5, 0.6) is 0 Å². The number of carbonyl (C=O) groups is 2. The Morgan fingerprint density at radius 1 is 1.15 bits per heavy atom.